The molecule has 53 heavy (non-hydrogen) atoms. The molecule has 0 spiro atoms. The Morgan fingerprint density at radius 2 is 1.09 bits per heavy atom. The molecular formula is C30H32F6O17. The van der Waals surface area contributed by atoms with Gasteiger partial charge < -0.3 is 43.4 Å². The van der Waals surface area contributed by atoms with Crippen molar-refractivity contribution in [2.24, 2.45) is 0 Å². The lowest BCUT2D eigenvalue weighted by molar-refractivity contribution is -0.518. The number of esters is 2. The summed E-state index contributed by atoms with van der Waals surface area (Å²) in [6, 6.07) is 10.5. The lowest BCUT2D eigenvalue weighted by Gasteiger charge is -2.26. The van der Waals surface area contributed by atoms with E-state index in [4.69, 9.17) is 34.0 Å². The first kappa shape index (κ1) is 47.6. The van der Waals surface area contributed by atoms with Crippen LogP contribution in [0.1, 0.15) is 38.0 Å². The number of carboxylic acids is 2. The first-order chi connectivity index (χ1) is 24.8. The molecule has 2 aromatic carbocycles. The van der Waals surface area contributed by atoms with Gasteiger partial charge in [0.05, 0.1) is 31.5 Å². The Morgan fingerprint density at radius 1 is 0.660 bits per heavy atom. The molecule has 2 aromatic rings. The zero-order chi connectivity index (χ0) is 40.5. The van der Waals surface area contributed by atoms with Crippen molar-refractivity contribution in [1.82, 2.24) is 0 Å². The van der Waals surface area contributed by atoms with E-state index in [2.05, 4.69) is 28.4 Å². The van der Waals surface area contributed by atoms with E-state index >= 15 is 0 Å². The number of ether oxygens (including phenoxy) is 9. The van der Waals surface area contributed by atoms with Crippen LogP contribution in [0.4, 0.5) is 26.3 Å². The normalized spacial score (nSPS) is 11.0. The van der Waals surface area contributed by atoms with Gasteiger partial charge in [0.15, 0.2) is 0 Å². The highest BCUT2D eigenvalue weighted by Gasteiger charge is 2.52. The molecule has 0 aliphatic heterocycles. The zero-order valence-corrected chi connectivity index (χ0v) is 27.5. The number of alkyl halides is 6. The highest BCUT2D eigenvalue weighted by atomic mass is 19.3. The number of halogens is 6. The third-order valence-corrected chi connectivity index (χ3v) is 4.92. The Labute approximate surface area is 295 Å². The molecule has 0 radical (unpaired) electrons. The molecule has 0 heterocycles. The lowest BCUT2D eigenvalue weighted by Crippen LogP contribution is -2.44. The van der Waals surface area contributed by atoms with E-state index < -0.39 is 88.8 Å². The van der Waals surface area contributed by atoms with Crippen molar-refractivity contribution >= 4 is 36.8 Å². The SMILES string of the molecule is CC(=O)O.COC=O.O=COc1ccccc1C(=O)OCCOCC(F)(F)OC(F)(F)OC(F)(F)COCOCCOC(=O)c1ccccc1C(=O)O. The molecule has 0 fully saturated rings. The number of carbonyl (C=O) groups is 6. The van der Waals surface area contributed by atoms with Gasteiger partial charge in [-0.2, -0.15) is 17.6 Å². The number of carboxylic acid groups (broad SMARTS) is 2. The van der Waals surface area contributed by atoms with Crippen LogP contribution in [-0.4, -0.2) is 119 Å². The average Bonchev–Trinajstić information content (AvgIpc) is 3.06. The van der Waals surface area contributed by atoms with Crippen molar-refractivity contribution in [2.45, 2.75) is 25.4 Å². The summed E-state index contributed by atoms with van der Waals surface area (Å²) in [7, 11) is 1.31. The van der Waals surface area contributed by atoms with Gasteiger partial charge in [-0.1, -0.05) is 24.3 Å². The van der Waals surface area contributed by atoms with Gasteiger partial charge in [0.1, 0.15) is 44.5 Å². The van der Waals surface area contributed by atoms with Crippen molar-refractivity contribution in [3.8, 4) is 5.75 Å². The van der Waals surface area contributed by atoms with Crippen molar-refractivity contribution in [2.75, 3.05) is 53.5 Å². The Bertz CT molecular complexity index is 1450. The summed E-state index contributed by atoms with van der Waals surface area (Å²) in [6.07, 6.45) is -15.2. The fourth-order valence-corrected chi connectivity index (χ4v) is 3.08. The first-order valence-corrected chi connectivity index (χ1v) is 14.1. The van der Waals surface area contributed by atoms with Crippen molar-refractivity contribution in [3.63, 3.8) is 0 Å². The number of methoxy groups -OCH3 is 1. The predicted molar refractivity (Wildman–Crippen MR) is 158 cm³/mol. The number of hydrogen-bond donors (Lipinski definition) is 2. The Kier molecular flexibility index (Phi) is 22.3. The first-order valence-electron chi connectivity index (χ1n) is 14.1. The summed E-state index contributed by atoms with van der Waals surface area (Å²) in [5.74, 6) is -4.42. The van der Waals surface area contributed by atoms with E-state index in [1.54, 1.807) is 0 Å². The van der Waals surface area contributed by atoms with Crippen LogP contribution in [0.3, 0.4) is 0 Å². The van der Waals surface area contributed by atoms with Gasteiger partial charge in [0, 0.05) is 6.92 Å². The fraction of sp³-hybridized carbons (Fsp3) is 0.400. The second kappa shape index (κ2) is 24.8. The molecule has 0 aliphatic carbocycles. The molecule has 0 aliphatic rings. The van der Waals surface area contributed by atoms with Crippen LogP contribution in [0.25, 0.3) is 0 Å². The predicted octanol–water partition coefficient (Wildman–Crippen LogP) is 3.59. The maximum Gasteiger partial charge on any atom is 0.495 e. The van der Waals surface area contributed by atoms with E-state index in [0.717, 1.165) is 13.0 Å². The van der Waals surface area contributed by atoms with Crippen molar-refractivity contribution < 1.29 is 108 Å². The van der Waals surface area contributed by atoms with Gasteiger partial charge in [-0.3, -0.25) is 14.4 Å². The topological polar surface area (TPSA) is 226 Å². The zero-order valence-electron chi connectivity index (χ0n) is 27.5. The van der Waals surface area contributed by atoms with Gasteiger partial charge in [-0.05, 0) is 24.3 Å². The van der Waals surface area contributed by atoms with Gasteiger partial charge in [-0.25, -0.2) is 23.9 Å². The molecule has 0 atom stereocenters. The molecule has 0 saturated heterocycles. The number of hydrogen-bond acceptors (Lipinski definition) is 15. The van der Waals surface area contributed by atoms with Crippen LogP contribution in [0.2, 0.25) is 0 Å². The second-order valence-electron chi connectivity index (χ2n) is 9.05. The summed E-state index contributed by atoms with van der Waals surface area (Å²) in [4.78, 5) is 63.5. The van der Waals surface area contributed by atoms with Crippen molar-refractivity contribution in [3.05, 3.63) is 65.2 Å². The average molecular weight is 779 g/mol. The molecular weight excluding hydrogens is 746 g/mol. The van der Waals surface area contributed by atoms with E-state index in [0.29, 0.717) is 6.47 Å². The minimum atomic E-state index is -5.53. The van der Waals surface area contributed by atoms with Crippen LogP contribution in [0, 0.1) is 0 Å². The van der Waals surface area contributed by atoms with Crippen LogP contribution < -0.4 is 4.74 Å². The molecule has 296 valence electrons. The molecule has 0 saturated carbocycles. The van der Waals surface area contributed by atoms with Gasteiger partial charge in [0.2, 0.25) is 0 Å². The number of para-hydroxylation sites is 1. The molecule has 2 N–H and O–H groups in total. The number of rotatable bonds is 22. The standard InChI is InChI=1S/C26H24F6O13.2C2H4O2/c27-24(28,13-38-9-11-42-23(37)19-7-3-4-8-20(19)43-15-33)44-26(31,32)45-25(29,30)14-40-16-39-10-12-41-22(36)18-6-2-1-5-17(18)21(34)35;1-4-2-3;1-2(3)4/h1-8,15H,9-14,16H2,(H,34,35);2H,1H3;1H3,(H,3,4). The minimum Gasteiger partial charge on any atom is -0.481 e. The second-order valence-corrected chi connectivity index (χ2v) is 9.05. The molecule has 2 rings (SSSR count). The van der Waals surface area contributed by atoms with E-state index in [9.17, 15) is 45.5 Å². The Morgan fingerprint density at radius 3 is 1.58 bits per heavy atom. The Hall–Kier alpha value is -5.36. The van der Waals surface area contributed by atoms with Crippen LogP contribution in [0.5, 0.6) is 5.75 Å². The summed E-state index contributed by atoms with van der Waals surface area (Å²) in [5, 5.41) is 16.5. The van der Waals surface area contributed by atoms with Gasteiger partial charge >= 0.3 is 36.4 Å². The summed E-state index contributed by atoms with van der Waals surface area (Å²) < 4.78 is 119. The summed E-state index contributed by atoms with van der Waals surface area (Å²) in [6.45, 7) is -5.56. The molecule has 17 nitrogen and oxygen atoms in total. The maximum absolute atomic E-state index is 13.7. The number of carbonyl (C=O) groups excluding carboxylic acids is 4. The smallest absolute Gasteiger partial charge is 0.481 e. The summed E-state index contributed by atoms with van der Waals surface area (Å²) >= 11 is 0. The third kappa shape index (κ3) is 22.2. The fourth-order valence-electron chi connectivity index (χ4n) is 3.08. The maximum atomic E-state index is 13.7. The van der Waals surface area contributed by atoms with E-state index in [-0.39, 0.29) is 28.9 Å². The summed E-state index contributed by atoms with van der Waals surface area (Å²) in [5.41, 5.74) is -0.775. The van der Waals surface area contributed by atoms with Crippen LogP contribution in [0.15, 0.2) is 48.5 Å². The third-order valence-electron chi connectivity index (χ3n) is 4.92. The van der Waals surface area contributed by atoms with Crippen LogP contribution >= 0.6 is 0 Å². The quantitative estimate of drug-likeness (QED) is 0.0435. The number of aromatic carboxylic acids is 1. The molecule has 0 unspecified atom stereocenters. The number of benzene rings is 2. The van der Waals surface area contributed by atoms with Crippen molar-refractivity contribution in [1.29, 1.82) is 0 Å². The molecule has 0 amide bonds. The number of aliphatic carboxylic acids is 1. The largest absolute Gasteiger partial charge is 0.495 e. The van der Waals surface area contributed by atoms with Crippen LogP contribution in [-0.2, 0) is 52.3 Å². The highest BCUT2D eigenvalue weighted by molar-refractivity contribution is 6.02. The molecule has 0 bridgehead atoms. The Balaban J connectivity index is 0.00000305. The van der Waals surface area contributed by atoms with E-state index in [1.165, 1.54) is 49.6 Å². The van der Waals surface area contributed by atoms with Gasteiger partial charge in [0.25, 0.3) is 18.9 Å². The monoisotopic (exact) mass is 778 g/mol. The van der Waals surface area contributed by atoms with E-state index in [1.807, 2.05) is 0 Å². The molecule has 0 aromatic heterocycles. The highest BCUT2D eigenvalue weighted by Crippen LogP contribution is 2.33. The van der Waals surface area contributed by atoms with Gasteiger partial charge in [-0.15, -0.1) is 8.78 Å². The lowest BCUT2D eigenvalue weighted by atomic mass is 10.1. The molecule has 23 heteroatoms. The minimum absolute atomic E-state index is 0.0493.